The fourth-order valence-corrected chi connectivity index (χ4v) is 1.57. The highest BCUT2D eigenvalue weighted by Crippen LogP contribution is 2.21. The Hall–Kier alpha value is -1.55. The summed E-state index contributed by atoms with van der Waals surface area (Å²) in [5.41, 5.74) is 12.7. The number of nitrogens with two attached hydrogens (primary N) is 2. The average molecular weight is 221 g/mol. The minimum Gasteiger partial charge on any atom is -0.351 e. The summed E-state index contributed by atoms with van der Waals surface area (Å²) in [6.07, 6.45) is 0.963. The van der Waals surface area contributed by atoms with Crippen molar-refractivity contribution in [1.29, 1.82) is 0 Å². The molecule has 4 N–H and O–H groups in total. The van der Waals surface area contributed by atoms with Crippen LogP contribution in [-0.2, 0) is 0 Å². The Morgan fingerprint density at radius 2 is 1.94 bits per heavy atom. The number of anilines is 1. The summed E-state index contributed by atoms with van der Waals surface area (Å²) in [4.78, 5) is 12.4. The van der Waals surface area contributed by atoms with E-state index in [1.807, 2.05) is 24.3 Å². The number of rotatable bonds is 4. The minimum atomic E-state index is -0.456. The highest BCUT2D eigenvalue weighted by atomic mass is 16.2. The SMILES string of the molecule is CC(CCN)c1ccc(N(C)C(N)=O)cc1. The Kier molecular flexibility index (Phi) is 4.31. The highest BCUT2D eigenvalue weighted by molar-refractivity contribution is 5.89. The van der Waals surface area contributed by atoms with E-state index in [2.05, 4.69) is 6.92 Å². The minimum absolute atomic E-state index is 0.443. The van der Waals surface area contributed by atoms with Gasteiger partial charge in [0.1, 0.15) is 0 Å². The largest absolute Gasteiger partial charge is 0.351 e. The number of nitrogens with zero attached hydrogens (tertiary/aromatic N) is 1. The summed E-state index contributed by atoms with van der Waals surface area (Å²) < 4.78 is 0. The summed E-state index contributed by atoms with van der Waals surface area (Å²) in [5.74, 6) is 0.443. The Bertz CT molecular complexity index is 348. The van der Waals surface area contributed by atoms with Crippen LogP contribution in [0.4, 0.5) is 10.5 Å². The smallest absolute Gasteiger partial charge is 0.318 e. The summed E-state index contributed by atoms with van der Waals surface area (Å²) in [7, 11) is 1.65. The molecular formula is C12H19N3O. The van der Waals surface area contributed by atoms with Crippen LogP contribution in [0.25, 0.3) is 0 Å². The van der Waals surface area contributed by atoms with E-state index in [-0.39, 0.29) is 0 Å². The molecule has 4 heteroatoms. The molecule has 0 spiro atoms. The maximum Gasteiger partial charge on any atom is 0.318 e. The molecule has 1 rings (SSSR count). The van der Waals surface area contributed by atoms with Crippen LogP contribution in [0.1, 0.15) is 24.8 Å². The van der Waals surface area contributed by atoms with Crippen molar-refractivity contribution in [2.45, 2.75) is 19.3 Å². The standard InChI is InChI=1S/C12H19N3O/c1-9(7-8-13)10-3-5-11(6-4-10)15(2)12(14)16/h3-6,9H,7-8,13H2,1-2H3,(H2,14,16). The molecular weight excluding hydrogens is 202 g/mol. The lowest BCUT2D eigenvalue weighted by Gasteiger charge is -2.16. The topological polar surface area (TPSA) is 72.3 Å². The lowest BCUT2D eigenvalue weighted by atomic mass is 9.98. The van der Waals surface area contributed by atoms with Crippen LogP contribution in [-0.4, -0.2) is 19.6 Å². The van der Waals surface area contributed by atoms with E-state index in [0.29, 0.717) is 12.5 Å². The Morgan fingerprint density at radius 1 is 1.38 bits per heavy atom. The van der Waals surface area contributed by atoms with Gasteiger partial charge in [0.2, 0.25) is 0 Å². The Balaban J connectivity index is 2.78. The number of urea groups is 1. The zero-order chi connectivity index (χ0) is 12.1. The van der Waals surface area contributed by atoms with Crippen LogP contribution < -0.4 is 16.4 Å². The molecule has 2 amide bonds. The molecule has 0 fully saturated rings. The van der Waals surface area contributed by atoms with Crippen LogP contribution in [0.2, 0.25) is 0 Å². The van der Waals surface area contributed by atoms with Gasteiger partial charge in [-0.2, -0.15) is 0 Å². The van der Waals surface area contributed by atoms with E-state index in [1.165, 1.54) is 10.5 Å². The lowest BCUT2D eigenvalue weighted by molar-refractivity contribution is 0.255. The Morgan fingerprint density at radius 3 is 2.38 bits per heavy atom. The molecule has 1 aromatic carbocycles. The second-order valence-corrected chi connectivity index (χ2v) is 3.97. The van der Waals surface area contributed by atoms with Crippen molar-refractivity contribution in [3.8, 4) is 0 Å². The van der Waals surface area contributed by atoms with Crippen molar-refractivity contribution < 1.29 is 4.79 Å². The van der Waals surface area contributed by atoms with Gasteiger partial charge in [0, 0.05) is 12.7 Å². The number of carbonyl (C=O) groups excluding carboxylic acids is 1. The van der Waals surface area contributed by atoms with Crippen LogP contribution in [0.15, 0.2) is 24.3 Å². The van der Waals surface area contributed by atoms with Gasteiger partial charge in [-0.1, -0.05) is 19.1 Å². The maximum atomic E-state index is 11.0. The molecule has 0 radical (unpaired) electrons. The van der Waals surface area contributed by atoms with Crippen LogP contribution in [0.3, 0.4) is 0 Å². The van der Waals surface area contributed by atoms with Crippen molar-refractivity contribution in [2.75, 3.05) is 18.5 Å². The Labute approximate surface area is 96.2 Å². The molecule has 0 aliphatic rings. The normalized spacial score (nSPS) is 12.2. The van der Waals surface area contributed by atoms with Crippen LogP contribution in [0.5, 0.6) is 0 Å². The molecule has 1 aromatic rings. The number of hydrogen-bond acceptors (Lipinski definition) is 2. The number of carbonyl (C=O) groups is 1. The van der Waals surface area contributed by atoms with Gasteiger partial charge in [-0.3, -0.25) is 4.90 Å². The number of benzene rings is 1. The third-order valence-electron chi connectivity index (χ3n) is 2.78. The first-order valence-electron chi connectivity index (χ1n) is 5.39. The molecule has 1 unspecified atom stereocenters. The molecule has 0 bridgehead atoms. The second kappa shape index (κ2) is 5.51. The van der Waals surface area contributed by atoms with Gasteiger partial charge in [0.05, 0.1) is 0 Å². The van der Waals surface area contributed by atoms with Gasteiger partial charge in [-0.05, 0) is 36.6 Å². The zero-order valence-corrected chi connectivity index (χ0v) is 9.81. The van der Waals surface area contributed by atoms with Gasteiger partial charge in [-0.25, -0.2) is 4.79 Å². The van der Waals surface area contributed by atoms with E-state index in [9.17, 15) is 4.79 Å². The van der Waals surface area contributed by atoms with Crippen LogP contribution in [0, 0.1) is 0 Å². The molecule has 1 atom stereocenters. The predicted octanol–water partition coefficient (Wildman–Crippen LogP) is 1.65. The van der Waals surface area contributed by atoms with Gasteiger partial charge in [-0.15, -0.1) is 0 Å². The van der Waals surface area contributed by atoms with E-state index in [0.717, 1.165) is 12.1 Å². The van der Waals surface area contributed by atoms with Gasteiger partial charge < -0.3 is 11.5 Å². The molecule has 0 aliphatic heterocycles. The van der Waals surface area contributed by atoms with Gasteiger partial charge >= 0.3 is 6.03 Å². The van der Waals surface area contributed by atoms with Crippen molar-refractivity contribution in [1.82, 2.24) is 0 Å². The van der Waals surface area contributed by atoms with E-state index in [4.69, 9.17) is 11.5 Å². The average Bonchev–Trinajstić information content (AvgIpc) is 2.28. The first kappa shape index (κ1) is 12.5. The summed E-state index contributed by atoms with van der Waals surface area (Å²) in [5, 5.41) is 0. The number of hydrogen-bond donors (Lipinski definition) is 2. The summed E-state index contributed by atoms with van der Waals surface area (Å²) in [6.45, 7) is 2.82. The van der Waals surface area contributed by atoms with Crippen molar-refractivity contribution in [3.05, 3.63) is 29.8 Å². The second-order valence-electron chi connectivity index (χ2n) is 3.97. The highest BCUT2D eigenvalue weighted by Gasteiger charge is 2.08. The molecule has 0 aromatic heterocycles. The number of primary amides is 1. The van der Waals surface area contributed by atoms with E-state index >= 15 is 0 Å². The molecule has 0 saturated heterocycles. The molecule has 0 saturated carbocycles. The predicted molar refractivity (Wildman–Crippen MR) is 66.5 cm³/mol. The maximum absolute atomic E-state index is 11.0. The molecule has 0 aliphatic carbocycles. The first-order valence-corrected chi connectivity index (χ1v) is 5.39. The quantitative estimate of drug-likeness (QED) is 0.811. The van der Waals surface area contributed by atoms with E-state index in [1.54, 1.807) is 7.05 Å². The monoisotopic (exact) mass is 221 g/mol. The number of amides is 2. The van der Waals surface area contributed by atoms with Crippen molar-refractivity contribution in [3.63, 3.8) is 0 Å². The van der Waals surface area contributed by atoms with E-state index < -0.39 is 6.03 Å². The van der Waals surface area contributed by atoms with Gasteiger partial charge in [0.25, 0.3) is 0 Å². The third kappa shape index (κ3) is 2.97. The zero-order valence-electron chi connectivity index (χ0n) is 9.81. The molecule has 0 heterocycles. The van der Waals surface area contributed by atoms with Gasteiger partial charge in [0.15, 0.2) is 0 Å². The molecule has 88 valence electrons. The summed E-state index contributed by atoms with van der Waals surface area (Å²) >= 11 is 0. The summed E-state index contributed by atoms with van der Waals surface area (Å²) in [6, 6.07) is 7.35. The van der Waals surface area contributed by atoms with Crippen molar-refractivity contribution in [2.24, 2.45) is 11.5 Å². The molecule has 16 heavy (non-hydrogen) atoms. The fraction of sp³-hybridized carbons (Fsp3) is 0.417. The molecule has 4 nitrogen and oxygen atoms in total. The van der Waals surface area contributed by atoms with Crippen molar-refractivity contribution >= 4 is 11.7 Å². The lowest BCUT2D eigenvalue weighted by Crippen LogP contribution is -2.31. The fourth-order valence-electron chi connectivity index (χ4n) is 1.57. The third-order valence-corrected chi connectivity index (χ3v) is 2.78. The first-order chi connectivity index (χ1) is 7.56. The van der Waals surface area contributed by atoms with Crippen LogP contribution >= 0.6 is 0 Å².